The molecule has 1 atom stereocenters. The molecule has 0 radical (unpaired) electrons. The Labute approximate surface area is 150 Å². The summed E-state index contributed by atoms with van der Waals surface area (Å²) in [5.74, 6) is -1.14. The molecule has 7 nitrogen and oxygen atoms in total. The summed E-state index contributed by atoms with van der Waals surface area (Å²) in [6.07, 6.45) is -0.136. The fourth-order valence-corrected chi connectivity index (χ4v) is 3.46. The number of hydrogen-bond acceptors (Lipinski definition) is 5. The standard InChI is InChI=1S/C19H18N2O5/c1-3-26-18(23)19(12-13-8-4-6-10-15(13)21(24)25)14-9-5-7-11-16(14)20(2)17(19)22/h4-11H,3,12H2,1-2H3/t19-/m1/s1. The molecule has 2 aromatic carbocycles. The van der Waals surface area contributed by atoms with Crippen molar-refractivity contribution in [3.63, 3.8) is 0 Å². The number of nitro groups is 1. The maximum atomic E-state index is 13.1. The van der Waals surface area contributed by atoms with Gasteiger partial charge in [0, 0.05) is 36.3 Å². The highest BCUT2D eigenvalue weighted by molar-refractivity contribution is 6.20. The fraction of sp³-hybridized carbons (Fsp3) is 0.263. The molecule has 1 amide bonds. The minimum atomic E-state index is -1.63. The van der Waals surface area contributed by atoms with E-state index < -0.39 is 22.2 Å². The van der Waals surface area contributed by atoms with Gasteiger partial charge in [-0.2, -0.15) is 0 Å². The van der Waals surface area contributed by atoms with Gasteiger partial charge in [-0.1, -0.05) is 36.4 Å². The Bertz CT molecular complexity index is 895. The highest BCUT2D eigenvalue weighted by Gasteiger charge is 2.57. The van der Waals surface area contributed by atoms with Crippen LogP contribution in [0.3, 0.4) is 0 Å². The van der Waals surface area contributed by atoms with Crippen molar-refractivity contribution in [1.29, 1.82) is 0 Å². The van der Waals surface area contributed by atoms with Crippen molar-refractivity contribution in [2.75, 3.05) is 18.6 Å². The van der Waals surface area contributed by atoms with E-state index in [1.165, 1.54) is 11.0 Å². The molecule has 2 aromatic rings. The zero-order chi connectivity index (χ0) is 18.9. The molecule has 0 bridgehead atoms. The van der Waals surface area contributed by atoms with Gasteiger partial charge >= 0.3 is 5.97 Å². The third kappa shape index (κ3) is 2.52. The first-order valence-corrected chi connectivity index (χ1v) is 8.20. The first-order valence-electron chi connectivity index (χ1n) is 8.20. The van der Waals surface area contributed by atoms with E-state index in [2.05, 4.69) is 0 Å². The van der Waals surface area contributed by atoms with Crippen LogP contribution < -0.4 is 4.90 Å². The van der Waals surface area contributed by atoms with Gasteiger partial charge < -0.3 is 9.64 Å². The molecule has 0 spiro atoms. The van der Waals surface area contributed by atoms with E-state index in [0.29, 0.717) is 16.8 Å². The molecule has 0 saturated carbocycles. The molecule has 1 aliphatic heterocycles. The fourth-order valence-electron chi connectivity index (χ4n) is 3.46. The minimum absolute atomic E-state index is 0.108. The van der Waals surface area contributed by atoms with Crippen molar-refractivity contribution >= 4 is 23.3 Å². The van der Waals surface area contributed by atoms with Crippen molar-refractivity contribution in [3.8, 4) is 0 Å². The first-order chi connectivity index (χ1) is 12.4. The van der Waals surface area contributed by atoms with Crippen molar-refractivity contribution in [3.05, 3.63) is 69.8 Å². The van der Waals surface area contributed by atoms with Crippen LogP contribution in [0.4, 0.5) is 11.4 Å². The maximum Gasteiger partial charge on any atom is 0.326 e. The van der Waals surface area contributed by atoms with Crippen LogP contribution in [0.15, 0.2) is 48.5 Å². The van der Waals surface area contributed by atoms with E-state index >= 15 is 0 Å². The number of carbonyl (C=O) groups is 2. The molecule has 0 aromatic heterocycles. The smallest absolute Gasteiger partial charge is 0.326 e. The number of hydrogen-bond donors (Lipinski definition) is 0. The Morgan fingerprint density at radius 3 is 2.54 bits per heavy atom. The first kappa shape index (κ1) is 17.6. The molecule has 0 fully saturated rings. The van der Waals surface area contributed by atoms with E-state index in [-0.39, 0.29) is 18.7 Å². The summed E-state index contributed by atoms with van der Waals surface area (Å²) in [5.41, 5.74) is -0.346. The monoisotopic (exact) mass is 354 g/mol. The van der Waals surface area contributed by atoms with E-state index in [4.69, 9.17) is 4.74 Å². The molecule has 0 saturated heterocycles. The minimum Gasteiger partial charge on any atom is -0.465 e. The zero-order valence-electron chi connectivity index (χ0n) is 14.5. The number of nitro benzene ring substituents is 1. The number of para-hydroxylation sites is 2. The van der Waals surface area contributed by atoms with Crippen LogP contribution in [-0.4, -0.2) is 30.5 Å². The quantitative estimate of drug-likeness (QED) is 0.356. The van der Waals surface area contributed by atoms with Crippen LogP contribution in [0.5, 0.6) is 0 Å². The predicted octanol–water partition coefficient (Wildman–Crippen LogP) is 2.61. The van der Waals surface area contributed by atoms with Gasteiger partial charge in [0.2, 0.25) is 5.91 Å². The van der Waals surface area contributed by atoms with E-state index in [1.807, 2.05) is 0 Å². The van der Waals surface area contributed by atoms with E-state index in [0.717, 1.165) is 0 Å². The lowest BCUT2D eigenvalue weighted by molar-refractivity contribution is -0.385. The number of rotatable bonds is 5. The Balaban J connectivity index is 2.21. The van der Waals surface area contributed by atoms with Gasteiger partial charge in [-0.25, -0.2) is 0 Å². The van der Waals surface area contributed by atoms with Gasteiger partial charge in [-0.15, -0.1) is 0 Å². The molecule has 7 heteroatoms. The van der Waals surface area contributed by atoms with Gasteiger partial charge in [-0.05, 0) is 13.0 Å². The summed E-state index contributed by atoms with van der Waals surface area (Å²) in [7, 11) is 1.58. The molecule has 134 valence electrons. The lowest BCUT2D eigenvalue weighted by Gasteiger charge is -2.26. The third-order valence-electron chi connectivity index (χ3n) is 4.66. The second kappa shape index (κ2) is 6.59. The van der Waals surface area contributed by atoms with Gasteiger partial charge in [0.15, 0.2) is 5.41 Å². The van der Waals surface area contributed by atoms with Crippen LogP contribution in [-0.2, 0) is 26.2 Å². The number of likely N-dealkylation sites (N-methyl/N-ethyl adjacent to an activating group) is 1. The van der Waals surface area contributed by atoms with Gasteiger partial charge in [0.05, 0.1) is 11.5 Å². The Morgan fingerprint density at radius 1 is 1.19 bits per heavy atom. The van der Waals surface area contributed by atoms with Crippen LogP contribution in [0.2, 0.25) is 0 Å². The lowest BCUT2D eigenvalue weighted by atomic mass is 9.76. The summed E-state index contributed by atoms with van der Waals surface area (Å²) in [4.78, 5) is 38.3. The van der Waals surface area contributed by atoms with Crippen LogP contribution in [0, 0.1) is 10.1 Å². The lowest BCUT2D eigenvalue weighted by Crippen LogP contribution is -2.48. The van der Waals surface area contributed by atoms with Crippen LogP contribution in [0.1, 0.15) is 18.1 Å². The SMILES string of the molecule is CCOC(=O)[C@@]1(Cc2ccccc2[N+](=O)[O-])C(=O)N(C)c2ccccc21. The largest absolute Gasteiger partial charge is 0.465 e. The van der Waals surface area contributed by atoms with Crippen molar-refractivity contribution in [1.82, 2.24) is 0 Å². The number of benzene rings is 2. The molecule has 0 unspecified atom stereocenters. The predicted molar refractivity (Wildman–Crippen MR) is 95.0 cm³/mol. The third-order valence-corrected chi connectivity index (χ3v) is 4.66. The van der Waals surface area contributed by atoms with Crippen molar-refractivity contribution < 1.29 is 19.2 Å². The normalized spacial score (nSPS) is 18.5. The van der Waals surface area contributed by atoms with Crippen LogP contribution >= 0.6 is 0 Å². The average Bonchev–Trinajstić information content (AvgIpc) is 2.85. The molecule has 0 N–H and O–H groups in total. The summed E-state index contributed by atoms with van der Waals surface area (Å²) >= 11 is 0. The number of carbonyl (C=O) groups excluding carboxylic acids is 2. The molecule has 0 aliphatic carbocycles. The van der Waals surface area contributed by atoms with Gasteiger partial charge in [-0.3, -0.25) is 19.7 Å². The van der Waals surface area contributed by atoms with Gasteiger partial charge in [0.25, 0.3) is 5.69 Å². The molecular formula is C19H18N2O5. The number of nitrogens with zero attached hydrogens (tertiary/aromatic N) is 2. The molecule has 1 aliphatic rings. The van der Waals surface area contributed by atoms with E-state index in [1.54, 1.807) is 56.4 Å². The highest BCUT2D eigenvalue weighted by atomic mass is 16.6. The number of amides is 1. The Hall–Kier alpha value is -3.22. The maximum absolute atomic E-state index is 13.1. The summed E-state index contributed by atoms with van der Waals surface area (Å²) in [6, 6.07) is 13.1. The average molecular weight is 354 g/mol. The summed E-state index contributed by atoms with van der Waals surface area (Å²) in [5, 5.41) is 11.4. The number of anilines is 1. The molecule has 1 heterocycles. The van der Waals surface area contributed by atoms with Crippen molar-refractivity contribution in [2.24, 2.45) is 0 Å². The number of fused-ring (bicyclic) bond motifs is 1. The topological polar surface area (TPSA) is 89.7 Å². The van der Waals surface area contributed by atoms with Crippen LogP contribution in [0.25, 0.3) is 0 Å². The second-order valence-corrected chi connectivity index (χ2v) is 6.07. The molecule has 26 heavy (non-hydrogen) atoms. The zero-order valence-corrected chi connectivity index (χ0v) is 14.5. The number of esters is 1. The summed E-state index contributed by atoms with van der Waals surface area (Å²) in [6.45, 7) is 1.77. The Kier molecular flexibility index (Phi) is 4.46. The highest BCUT2D eigenvalue weighted by Crippen LogP contribution is 2.45. The Morgan fingerprint density at radius 2 is 1.85 bits per heavy atom. The molecule has 3 rings (SSSR count). The number of ether oxygens (including phenoxy) is 1. The van der Waals surface area contributed by atoms with Crippen molar-refractivity contribution in [2.45, 2.75) is 18.8 Å². The van der Waals surface area contributed by atoms with Gasteiger partial charge in [0.1, 0.15) is 0 Å². The second-order valence-electron chi connectivity index (χ2n) is 6.07. The summed E-state index contributed by atoms with van der Waals surface area (Å²) < 4.78 is 5.22. The van der Waals surface area contributed by atoms with E-state index in [9.17, 15) is 19.7 Å². The molecular weight excluding hydrogens is 336 g/mol.